The van der Waals surface area contributed by atoms with Crippen LogP contribution in [0.15, 0.2) is 48.5 Å². The van der Waals surface area contributed by atoms with Crippen molar-refractivity contribution < 1.29 is 24.1 Å². The third-order valence-electron chi connectivity index (χ3n) is 5.29. The van der Waals surface area contributed by atoms with Crippen LogP contribution in [0.5, 0.6) is 5.75 Å². The second-order valence-corrected chi connectivity index (χ2v) is 7.52. The smallest absolute Gasteiger partial charge is 0.251 e. The molecule has 0 unspecified atom stereocenters. The zero-order chi connectivity index (χ0) is 20.0. The summed E-state index contributed by atoms with van der Waals surface area (Å²) in [6, 6.07) is 13.5. The van der Waals surface area contributed by atoms with Gasteiger partial charge in [0.05, 0.1) is 12.2 Å². The third kappa shape index (κ3) is 5.53. The number of benzene rings is 2. The maximum atomic E-state index is 13.4. The molecule has 28 heavy (non-hydrogen) atoms. The molecule has 1 saturated carbocycles. The van der Waals surface area contributed by atoms with Gasteiger partial charge in [-0.15, -0.1) is 0 Å². The molecule has 2 aromatic rings. The Morgan fingerprint density at radius 2 is 1.89 bits per heavy atom. The number of nitrogens with one attached hydrogen (secondary N) is 1. The second-order valence-electron chi connectivity index (χ2n) is 7.52. The van der Waals surface area contributed by atoms with Gasteiger partial charge in [0.15, 0.2) is 11.6 Å². The van der Waals surface area contributed by atoms with E-state index < -0.39 is 23.1 Å². The predicted molar refractivity (Wildman–Crippen MR) is 103 cm³/mol. The maximum absolute atomic E-state index is 13.4. The standard InChI is InChI=1S/C22H26FNO4/c23-19-12-18(6-7-20(19)25)21(26)24-15-22(27)10-8-17(9-11-22)14-28-13-16-4-2-1-3-5-16/h1-7,12,17,25,27H,8-11,13-15H2,(H,24,26). The first-order chi connectivity index (χ1) is 13.5. The largest absolute Gasteiger partial charge is 0.505 e. The Bertz CT molecular complexity index is 788. The lowest BCUT2D eigenvalue weighted by molar-refractivity contribution is -0.0238. The number of carbonyl (C=O) groups is 1. The molecule has 0 spiro atoms. The van der Waals surface area contributed by atoms with E-state index in [1.54, 1.807) is 0 Å². The summed E-state index contributed by atoms with van der Waals surface area (Å²) in [5, 5.41) is 22.6. The number of rotatable bonds is 7. The number of hydrogen-bond acceptors (Lipinski definition) is 4. The van der Waals surface area contributed by atoms with Gasteiger partial charge < -0.3 is 20.3 Å². The molecule has 0 radical (unpaired) electrons. The monoisotopic (exact) mass is 387 g/mol. The molecule has 3 N–H and O–H groups in total. The van der Waals surface area contributed by atoms with Crippen LogP contribution >= 0.6 is 0 Å². The summed E-state index contributed by atoms with van der Waals surface area (Å²) in [6.45, 7) is 1.36. The Hall–Kier alpha value is -2.44. The molecular weight excluding hydrogens is 361 g/mol. The van der Waals surface area contributed by atoms with Gasteiger partial charge in [0, 0.05) is 18.7 Å². The summed E-state index contributed by atoms with van der Waals surface area (Å²) < 4.78 is 19.2. The van der Waals surface area contributed by atoms with E-state index in [2.05, 4.69) is 5.32 Å². The SMILES string of the molecule is O=C(NCC1(O)CCC(COCc2ccccc2)CC1)c1ccc(O)c(F)c1. The molecular formula is C22H26FNO4. The Morgan fingerprint density at radius 3 is 2.57 bits per heavy atom. The molecule has 150 valence electrons. The first-order valence-electron chi connectivity index (χ1n) is 9.56. The van der Waals surface area contributed by atoms with Gasteiger partial charge in [0.2, 0.25) is 0 Å². The van der Waals surface area contributed by atoms with Crippen LogP contribution in [0.1, 0.15) is 41.6 Å². The number of ether oxygens (including phenoxy) is 1. The highest BCUT2D eigenvalue weighted by Crippen LogP contribution is 2.32. The number of aromatic hydroxyl groups is 1. The quantitative estimate of drug-likeness (QED) is 0.680. The molecule has 1 aliphatic rings. The minimum absolute atomic E-state index is 0.113. The van der Waals surface area contributed by atoms with E-state index in [1.807, 2.05) is 30.3 Å². The molecule has 3 rings (SSSR count). The van der Waals surface area contributed by atoms with Crippen molar-refractivity contribution in [3.8, 4) is 5.75 Å². The lowest BCUT2D eigenvalue weighted by Gasteiger charge is -2.36. The van der Waals surface area contributed by atoms with Gasteiger partial charge in [-0.3, -0.25) is 4.79 Å². The topological polar surface area (TPSA) is 78.8 Å². The number of phenols is 1. The fraction of sp³-hybridized carbons (Fsp3) is 0.409. The summed E-state index contributed by atoms with van der Waals surface area (Å²) in [5.74, 6) is -1.42. The van der Waals surface area contributed by atoms with Crippen molar-refractivity contribution >= 4 is 5.91 Å². The van der Waals surface area contributed by atoms with Crippen molar-refractivity contribution in [2.45, 2.75) is 37.9 Å². The van der Waals surface area contributed by atoms with Crippen LogP contribution in [0.2, 0.25) is 0 Å². The molecule has 2 aromatic carbocycles. The number of aliphatic hydroxyl groups is 1. The van der Waals surface area contributed by atoms with Gasteiger partial charge >= 0.3 is 0 Å². The van der Waals surface area contributed by atoms with E-state index in [-0.39, 0.29) is 12.1 Å². The summed E-state index contributed by atoms with van der Waals surface area (Å²) in [5.41, 5.74) is 0.297. The Morgan fingerprint density at radius 1 is 1.18 bits per heavy atom. The van der Waals surface area contributed by atoms with Crippen molar-refractivity contribution in [1.82, 2.24) is 5.32 Å². The van der Waals surface area contributed by atoms with Gasteiger partial charge in [0.1, 0.15) is 0 Å². The molecule has 1 aliphatic carbocycles. The van der Waals surface area contributed by atoms with Crippen LogP contribution in [0.4, 0.5) is 4.39 Å². The van der Waals surface area contributed by atoms with Crippen molar-refractivity contribution in [1.29, 1.82) is 0 Å². The molecule has 6 heteroatoms. The highest BCUT2D eigenvalue weighted by molar-refractivity contribution is 5.94. The first kappa shape index (κ1) is 20.3. The van der Waals surface area contributed by atoms with Crippen LogP contribution in [0.25, 0.3) is 0 Å². The molecule has 0 aromatic heterocycles. The minimum Gasteiger partial charge on any atom is -0.505 e. The van der Waals surface area contributed by atoms with E-state index in [0.717, 1.165) is 30.5 Å². The molecule has 0 atom stereocenters. The van der Waals surface area contributed by atoms with Gasteiger partial charge in [0.25, 0.3) is 5.91 Å². The van der Waals surface area contributed by atoms with Crippen LogP contribution in [-0.2, 0) is 11.3 Å². The number of hydrogen-bond donors (Lipinski definition) is 3. The van der Waals surface area contributed by atoms with Crippen molar-refractivity contribution in [2.75, 3.05) is 13.2 Å². The fourth-order valence-electron chi connectivity index (χ4n) is 3.47. The summed E-state index contributed by atoms with van der Waals surface area (Å²) in [6.07, 6.45) is 2.82. The number of halogens is 1. The van der Waals surface area contributed by atoms with Crippen molar-refractivity contribution in [3.63, 3.8) is 0 Å². The second kappa shape index (κ2) is 9.17. The predicted octanol–water partition coefficient (Wildman–Crippen LogP) is 3.40. The Balaban J connectivity index is 1.40. The Labute approximate surface area is 164 Å². The molecule has 0 bridgehead atoms. The average Bonchev–Trinajstić information content (AvgIpc) is 2.71. The van der Waals surface area contributed by atoms with Gasteiger partial charge in [-0.2, -0.15) is 0 Å². The van der Waals surface area contributed by atoms with Crippen LogP contribution in [0, 0.1) is 11.7 Å². The number of phenolic OH excluding ortho intramolecular Hbond substituents is 1. The van der Waals surface area contributed by atoms with Crippen LogP contribution < -0.4 is 5.32 Å². The minimum atomic E-state index is -0.957. The van der Waals surface area contributed by atoms with Crippen molar-refractivity contribution in [3.05, 3.63) is 65.5 Å². The third-order valence-corrected chi connectivity index (χ3v) is 5.29. The summed E-state index contributed by atoms with van der Waals surface area (Å²) in [7, 11) is 0. The number of carbonyl (C=O) groups excluding carboxylic acids is 1. The fourth-order valence-corrected chi connectivity index (χ4v) is 3.47. The highest BCUT2D eigenvalue weighted by Gasteiger charge is 2.33. The van der Waals surface area contributed by atoms with E-state index in [9.17, 15) is 19.4 Å². The molecule has 0 aliphatic heterocycles. The zero-order valence-electron chi connectivity index (χ0n) is 15.7. The highest BCUT2D eigenvalue weighted by atomic mass is 19.1. The van der Waals surface area contributed by atoms with E-state index in [1.165, 1.54) is 6.07 Å². The summed E-state index contributed by atoms with van der Waals surface area (Å²) >= 11 is 0. The normalized spacial score (nSPS) is 22.0. The van der Waals surface area contributed by atoms with E-state index >= 15 is 0 Å². The molecule has 1 fully saturated rings. The zero-order valence-corrected chi connectivity index (χ0v) is 15.7. The first-order valence-corrected chi connectivity index (χ1v) is 9.56. The van der Waals surface area contributed by atoms with Gasteiger partial charge in [-0.25, -0.2) is 4.39 Å². The molecule has 0 saturated heterocycles. The molecule has 5 nitrogen and oxygen atoms in total. The maximum Gasteiger partial charge on any atom is 0.251 e. The molecule has 0 heterocycles. The molecule has 1 amide bonds. The summed E-state index contributed by atoms with van der Waals surface area (Å²) in [4.78, 5) is 12.1. The number of amides is 1. The van der Waals surface area contributed by atoms with Gasteiger partial charge in [-0.05, 0) is 55.4 Å². The van der Waals surface area contributed by atoms with Gasteiger partial charge in [-0.1, -0.05) is 30.3 Å². The lowest BCUT2D eigenvalue weighted by Crippen LogP contribution is -2.45. The van der Waals surface area contributed by atoms with Crippen LogP contribution in [0.3, 0.4) is 0 Å². The van der Waals surface area contributed by atoms with Crippen molar-refractivity contribution in [2.24, 2.45) is 5.92 Å². The van der Waals surface area contributed by atoms with E-state index in [4.69, 9.17) is 4.74 Å². The van der Waals surface area contributed by atoms with Crippen LogP contribution in [-0.4, -0.2) is 34.9 Å². The lowest BCUT2D eigenvalue weighted by atomic mass is 9.79. The van der Waals surface area contributed by atoms with E-state index in [0.29, 0.717) is 32.0 Å². The Kier molecular flexibility index (Phi) is 6.65. The average molecular weight is 387 g/mol.